The minimum Gasteiger partial charge on any atom is -0.373 e. The fourth-order valence-electron chi connectivity index (χ4n) is 1.45. The number of nitrogens with one attached hydrogen (secondary N) is 1. The zero-order valence-corrected chi connectivity index (χ0v) is 10.0. The second-order valence-electron chi connectivity index (χ2n) is 3.89. The Hall–Kier alpha value is -1.10. The SMILES string of the molecule is CCCCCC(=O)N[C@H](O)[C@H](CC)C(N)=O. The molecule has 0 aromatic carbocycles. The summed E-state index contributed by atoms with van der Waals surface area (Å²) in [4.78, 5) is 22.3. The van der Waals surface area contributed by atoms with Crippen LogP contribution in [0.4, 0.5) is 0 Å². The molecule has 0 aromatic rings. The monoisotopic (exact) mass is 230 g/mol. The van der Waals surface area contributed by atoms with Crippen LogP contribution in [0.3, 0.4) is 0 Å². The van der Waals surface area contributed by atoms with E-state index >= 15 is 0 Å². The van der Waals surface area contributed by atoms with Crippen molar-refractivity contribution in [3.05, 3.63) is 0 Å². The number of aliphatic hydroxyl groups excluding tert-OH is 1. The smallest absolute Gasteiger partial charge is 0.225 e. The number of primary amides is 1. The van der Waals surface area contributed by atoms with Crippen molar-refractivity contribution >= 4 is 11.8 Å². The van der Waals surface area contributed by atoms with Gasteiger partial charge < -0.3 is 16.2 Å². The highest BCUT2D eigenvalue weighted by molar-refractivity contribution is 5.80. The zero-order chi connectivity index (χ0) is 12.6. The van der Waals surface area contributed by atoms with E-state index in [0.717, 1.165) is 19.3 Å². The van der Waals surface area contributed by atoms with Crippen molar-refractivity contribution in [2.24, 2.45) is 11.7 Å². The van der Waals surface area contributed by atoms with Crippen LogP contribution in [-0.4, -0.2) is 23.1 Å². The molecule has 2 amide bonds. The number of amides is 2. The molecule has 0 fully saturated rings. The molecule has 2 atom stereocenters. The van der Waals surface area contributed by atoms with Gasteiger partial charge in [-0.2, -0.15) is 0 Å². The molecule has 4 N–H and O–H groups in total. The number of unbranched alkanes of at least 4 members (excludes halogenated alkanes) is 2. The normalized spacial score (nSPS) is 14.2. The molecule has 16 heavy (non-hydrogen) atoms. The fourth-order valence-corrected chi connectivity index (χ4v) is 1.45. The molecule has 0 aliphatic rings. The molecular formula is C11H22N2O3. The predicted octanol–water partition coefficient (Wildman–Crippen LogP) is 0.513. The molecule has 0 rings (SSSR count). The van der Waals surface area contributed by atoms with Crippen LogP contribution in [0.2, 0.25) is 0 Å². The molecule has 0 spiro atoms. The second kappa shape index (κ2) is 8.10. The van der Waals surface area contributed by atoms with E-state index < -0.39 is 18.1 Å². The average Bonchev–Trinajstić information content (AvgIpc) is 2.18. The summed E-state index contributed by atoms with van der Waals surface area (Å²) in [5.74, 6) is -1.54. The van der Waals surface area contributed by atoms with Crippen LogP contribution in [0.15, 0.2) is 0 Å². The van der Waals surface area contributed by atoms with Gasteiger partial charge in [-0.3, -0.25) is 9.59 Å². The van der Waals surface area contributed by atoms with Crippen molar-refractivity contribution in [2.45, 2.75) is 52.2 Å². The van der Waals surface area contributed by atoms with E-state index in [9.17, 15) is 14.7 Å². The third-order valence-corrected chi connectivity index (χ3v) is 2.50. The number of hydrogen-bond acceptors (Lipinski definition) is 3. The summed E-state index contributed by atoms with van der Waals surface area (Å²) in [5, 5.41) is 12.0. The van der Waals surface area contributed by atoms with Crippen LogP contribution in [-0.2, 0) is 9.59 Å². The number of hydrogen-bond donors (Lipinski definition) is 3. The first-order chi connectivity index (χ1) is 7.52. The number of carbonyl (C=O) groups is 2. The van der Waals surface area contributed by atoms with Crippen molar-refractivity contribution < 1.29 is 14.7 Å². The first-order valence-corrected chi connectivity index (χ1v) is 5.79. The summed E-state index contributed by atoms with van der Waals surface area (Å²) in [5.41, 5.74) is 5.10. The topological polar surface area (TPSA) is 92.4 Å². The maximum absolute atomic E-state index is 11.3. The van der Waals surface area contributed by atoms with Gasteiger partial charge >= 0.3 is 0 Å². The standard InChI is InChI=1S/C11H22N2O3/c1-3-5-6-7-9(14)13-11(16)8(4-2)10(12)15/h8,11,16H,3-7H2,1-2H3,(H2,12,15)(H,13,14)/t8-,11-/m1/s1. The Balaban J connectivity index is 3.97. The van der Waals surface area contributed by atoms with Gasteiger partial charge in [-0.05, 0) is 12.8 Å². The summed E-state index contributed by atoms with van der Waals surface area (Å²) < 4.78 is 0. The van der Waals surface area contributed by atoms with Gasteiger partial charge in [-0.25, -0.2) is 0 Å². The Bertz CT molecular complexity index is 231. The molecule has 94 valence electrons. The Labute approximate surface area is 96.4 Å². The van der Waals surface area contributed by atoms with Crippen molar-refractivity contribution in [1.82, 2.24) is 5.32 Å². The number of rotatable bonds is 8. The first kappa shape index (κ1) is 14.9. The summed E-state index contributed by atoms with van der Waals surface area (Å²) in [6.07, 6.45) is 2.43. The van der Waals surface area contributed by atoms with Crippen molar-refractivity contribution in [3.8, 4) is 0 Å². The number of carbonyl (C=O) groups excluding carboxylic acids is 2. The Morgan fingerprint density at radius 1 is 1.31 bits per heavy atom. The molecule has 0 bridgehead atoms. The van der Waals surface area contributed by atoms with Gasteiger partial charge in [0.15, 0.2) is 0 Å². The van der Waals surface area contributed by atoms with Gasteiger partial charge in [-0.1, -0.05) is 26.7 Å². The molecule has 0 aliphatic carbocycles. The van der Waals surface area contributed by atoms with E-state index in [2.05, 4.69) is 5.32 Å². The van der Waals surface area contributed by atoms with E-state index in [0.29, 0.717) is 12.8 Å². The molecule has 0 saturated carbocycles. The van der Waals surface area contributed by atoms with Gasteiger partial charge in [-0.15, -0.1) is 0 Å². The summed E-state index contributed by atoms with van der Waals surface area (Å²) in [6.45, 7) is 3.79. The Morgan fingerprint density at radius 2 is 1.94 bits per heavy atom. The number of nitrogens with two attached hydrogens (primary N) is 1. The highest BCUT2D eigenvalue weighted by Gasteiger charge is 2.23. The Morgan fingerprint density at radius 3 is 2.38 bits per heavy atom. The summed E-state index contributed by atoms with van der Waals surface area (Å²) >= 11 is 0. The minimum absolute atomic E-state index is 0.236. The Kier molecular flexibility index (Phi) is 7.54. The van der Waals surface area contributed by atoms with Crippen molar-refractivity contribution in [1.29, 1.82) is 0 Å². The van der Waals surface area contributed by atoms with Crippen LogP contribution in [0.1, 0.15) is 46.0 Å². The van der Waals surface area contributed by atoms with Crippen LogP contribution in [0, 0.1) is 5.92 Å². The molecule has 0 aromatic heterocycles. The minimum atomic E-state index is -1.17. The summed E-state index contributed by atoms with van der Waals surface area (Å²) in [7, 11) is 0. The van der Waals surface area contributed by atoms with E-state index in [1.165, 1.54) is 0 Å². The number of aliphatic hydroxyl groups is 1. The maximum atomic E-state index is 11.3. The molecule has 0 radical (unpaired) electrons. The lowest BCUT2D eigenvalue weighted by Gasteiger charge is -2.19. The van der Waals surface area contributed by atoms with Gasteiger partial charge in [0.1, 0.15) is 6.23 Å². The lowest BCUT2D eigenvalue weighted by Crippen LogP contribution is -2.45. The quantitative estimate of drug-likeness (QED) is 0.419. The van der Waals surface area contributed by atoms with Crippen LogP contribution < -0.4 is 11.1 Å². The van der Waals surface area contributed by atoms with E-state index in [4.69, 9.17) is 5.73 Å². The molecule has 0 heterocycles. The third kappa shape index (κ3) is 5.70. The molecule has 0 aliphatic heterocycles. The van der Waals surface area contributed by atoms with Gasteiger partial charge in [0.2, 0.25) is 11.8 Å². The molecule has 5 heteroatoms. The van der Waals surface area contributed by atoms with E-state index in [1.54, 1.807) is 6.92 Å². The van der Waals surface area contributed by atoms with Crippen molar-refractivity contribution in [3.63, 3.8) is 0 Å². The lowest BCUT2D eigenvalue weighted by atomic mass is 10.0. The van der Waals surface area contributed by atoms with Gasteiger partial charge in [0, 0.05) is 6.42 Å². The van der Waals surface area contributed by atoms with E-state index in [1.807, 2.05) is 6.92 Å². The van der Waals surface area contributed by atoms with Crippen LogP contribution in [0.5, 0.6) is 0 Å². The fraction of sp³-hybridized carbons (Fsp3) is 0.818. The van der Waals surface area contributed by atoms with Crippen LogP contribution >= 0.6 is 0 Å². The largest absolute Gasteiger partial charge is 0.373 e. The van der Waals surface area contributed by atoms with E-state index in [-0.39, 0.29) is 5.91 Å². The first-order valence-electron chi connectivity index (χ1n) is 5.79. The van der Waals surface area contributed by atoms with Crippen molar-refractivity contribution in [2.75, 3.05) is 0 Å². The highest BCUT2D eigenvalue weighted by atomic mass is 16.3. The second-order valence-corrected chi connectivity index (χ2v) is 3.89. The molecule has 0 unspecified atom stereocenters. The predicted molar refractivity (Wildman–Crippen MR) is 61.3 cm³/mol. The zero-order valence-electron chi connectivity index (χ0n) is 10.0. The lowest BCUT2D eigenvalue weighted by molar-refractivity contribution is -0.130. The molecular weight excluding hydrogens is 208 g/mol. The maximum Gasteiger partial charge on any atom is 0.225 e. The third-order valence-electron chi connectivity index (χ3n) is 2.50. The van der Waals surface area contributed by atoms with Gasteiger partial charge in [0.25, 0.3) is 0 Å². The molecule has 0 saturated heterocycles. The van der Waals surface area contributed by atoms with Gasteiger partial charge in [0.05, 0.1) is 5.92 Å². The highest BCUT2D eigenvalue weighted by Crippen LogP contribution is 2.06. The average molecular weight is 230 g/mol. The summed E-state index contributed by atoms with van der Waals surface area (Å²) in [6, 6.07) is 0. The molecule has 5 nitrogen and oxygen atoms in total. The van der Waals surface area contributed by atoms with Crippen LogP contribution in [0.25, 0.3) is 0 Å².